The van der Waals surface area contributed by atoms with Gasteiger partial charge in [0.05, 0.1) is 6.10 Å². The molecule has 0 radical (unpaired) electrons. The second-order valence-corrected chi connectivity index (χ2v) is 15.2. The van der Waals surface area contributed by atoms with E-state index in [2.05, 4.69) is 102 Å². The minimum atomic E-state index is -0.468. The van der Waals surface area contributed by atoms with Gasteiger partial charge in [0.25, 0.3) is 0 Å². The molecule has 0 spiro atoms. The molecule has 1 amide bonds. The lowest BCUT2D eigenvalue weighted by Crippen LogP contribution is -2.55. The van der Waals surface area contributed by atoms with Gasteiger partial charge in [0.2, 0.25) is 6.41 Å². The number of esters is 1. The van der Waals surface area contributed by atoms with Crippen LogP contribution in [0.15, 0.2) is 0 Å². The van der Waals surface area contributed by atoms with Crippen LogP contribution in [0.3, 0.4) is 0 Å². The molecular weight excluding hydrogens is 426 g/mol. The van der Waals surface area contributed by atoms with E-state index in [-0.39, 0.29) is 50.6 Å². The molecule has 0 fully saturated rings. The summed E-state index contributed by atoms with van der Waals surface area (Å²) in [6.07, 6.45) is 2.18. The van der Waals surface area contributed by atoms with Crippen molar-refractivity contribution in [3.63, 3.8) is 0 Å². The van der Waals surface area contributed by atoms with Crippen LogP contribution in [0, 0.1) is 32.5 Å². The van der Waals surface area contributed by atoms with E-state index in [1.165, 1.54) is 6.92 Å². The Morgan fingerprint density at radius 1 is 0.794 bits per heavy atom. The van der Waals surface area contributed by atoms with Gasteiger partial charge in [-0.15, -0.1) is 0 Å². The SMILES string of the molecule is CC(=O)OC(CC(C)(C)C(C)(C)C(CC(C)(C)C(C)(C)C(O)CC(C)(C)C)NC=O)C(C)(C)C. The van der Waals surface area contributed by atoms with Crippen LogP contribution in [0.2, 0.25) is 0 Å². The Morgan fingerprint density at radius 2 is 1.24 bits per heavy atom. The van der Waals surface area contributed by atoms with Crippen LogP contribution >= 0.6 is 0 Å². The van der Waals surface area contributed by atoms with Crippen molar-refractivity contribution < 1.29 is 19.4 Å². The largest absolute Gasteiger partial charge is 0.462 e. The summed E-state index contributed by atoms with van der Waals surface area (Å²) in [5.74, 6) is -0.271. The Bertz CT molecular complexity index is 677. The van der Waals surface area contributed by atoms with Gasteiger partial charge in [0, 0.05) is 13.0 Å². The van der Waals surface area contributed by atoms with Crippen LogP contribution in [-0.4, -0.2) is 35.7 Å². The highest BCUT2D eigenvalue weighted by atomic mass is 16.5. The highest BCUT2D eigenvalue weighted by Gasteiger charge is 2.51. The molecule has 0 bridgehead atoms. The zero-order valence-electron chi connectivity index (χ0n) is 25.1. The fourth-order valence-corrected chi connectivity index (χ4v) is 4.59. The molecule has 5 nitrogen and oxygen atoms in total. The average molecular weight is 484 g/mol. The summed E-state index contributed by atoms with van der Waals surface area (Å²) in [5, 5.41) is 14.3. The average Bonchev–Trinajstić information content (AvgIpc) is 2.57. The van der Waals surface area contributed by atoms with Crippen LogP contribution in [0.25, 0.3) is 0 Å². The number of amides is 1. The number of rotatable bonds is 12. The maximum atomic E-state index is 11.8. The van der Waals surface area contributed by atoms with Crippen LogP contribution in [0.1, 0.15) is 123 Å². The zero-order chi connectivity index (χ0) is 27.6. The smallest absolute Gasteiger partial charge is 0.302 e. The number of carbonyl (C=O) groups excluding carboxylic acids is 2. The van der Waals surface area contributed by atoms with Crippen molar-refractivity contribution >= 4 is 12.4 Å². The first-order chi connectivity index (χ1) is 14.8. The highest BCUT2D eigenvalue weighted by Crippen LogP contribution is 2.53. The number of ether oxygens (including phenoxy) is 1. The topological polar surface area (TPSA) is 75.6 Å². The molecule has 0 aromatic rings. The molecule has 3 atom stereocenters. The molecule has 2 N–H and O–H groups in total. The van der Waals surface area contributed by atoms with E-state index in [1.807, 2.05) is 0 Å². The number of hydrogen-bond donors (Lipinski definition) is 2. The molecular formula is C29H57NO4. The molecule has 0 aliphatic carbocycles. The monoisotopic (exact) mass is 483 g/mol. The molecule has 0 aliphatic rings. The summed E-state index contributed by atoms with van der Waals surface area (Å²) in [7, 11) is 0. The number of hydrogen-bond acceptors (Lipinski definition) is 4. The van der Waals surface area contributed by atoms with Gasteiger partial charge in [0.1, 0.15) is 6.10 Å². The third-order valence-corrected chi connectivity index (χ3v) is 8.95. The normalized spacial score (nSPS) is 17.1. The van der Waals surface area contributed by atoms with E-state index in [0.717, 1.165) is 6.41 Å². The van der Waals surface area contributed by atoms with Crippen molar-refractivity contribution in [2.45, 2.75) is 141 Å². The second kappa shape index (κ2) is 10.9. The molecule has 34 heavy (non-hydrogen) atoms. The Kier molecular flexibility index (Phi) is 10.5. The van der Waals surface area contributed by atoms with E-state index >= 15 is 0 Å². The van der Waals surface area contributed by atoms with Gasteiger partial charge in [-0.1, -0.05) is 96.9 Å². The third kappa shape index (κ3) is 8.53. The number of carbonyl (C=O) groups is 2. The maximum absolute atomic E-state index is 11.8. The predicted octanol–water partition coefficient (Wildman–Crippen LogP) is 6.76. The van der Waals surface area contributed by atoms with Crippen molar-refractivity contribution in [3.8, 4) is 0 Å². The van der Waals surface area contributed by atoms with Gasteiger partial charge in [-0.05, 0) is 51.8 Å². The Labute approximate surface area is 211 Å². The molecule has 0 heterocycles. The van der Waals surface area contributed by atoms with Gasteiger partial charge >= 0.3 is 5.97 Å². The van der Waals surface area contributed by atoms with Gasteiger partial charge in [-0.2, -0.15) is 0 Å². The summed E-state index contributed by atoms with van der Waals surface area (Å²) < 4.78 is 5.76. The quantitative estimate of drug-likeness (QED) is 0.237. The van der Waals surface area contributed by atoms with Crippen molar-refractivity contribution in [3.05, 3.63) is 0 Å². The maximum Gasteiger partial charge on any atom is 0.302 e. The Morgan fingerprint density at radius 3 is 1.59 bits per heavy atom. The van der Waals surface area contributed by atoms with E-state index in [4.69, 9.17) is 4.74 Å². The minimum Gasteiger partial charge on any atom is -0.462 e. The third-order valence-electron chi connectivity index (χ3n) is 8.95. The molecule has 5 heteroatoms. The lowest BCUT2D eigenvalue weighted by molar-refractivity contribution is -0.156. The van der Waals surface area contributed by atoms with Crippen LogP contribution in [0.4, 0.5) is 0 Å². The van der Waals surface area contributed by atoms with E-state index in [9.17, 15) is 14.7 Å². The molecule has 0 aromatic heterocycles. The molecule has 3 unspecified atom stereocenters. The molecule has 0 saturated heterocycles. The summed E-state index contributed by atoms with van der Waals surface area (Å²) >= 11 is 0. The Balaban J connectivity index is 6.11. The summed E-state index contributed by atoms with van der Waals surface area (Å²) in [6.45, 7) is 31.6. The molecule has 0 aliphatic heterocycles. The lowest BCUT2D eigenvalue weighted by Gasteiger charge is -2.54. The van der Waals surface area contributed by atoms with Gasteiger partial charge < -0.3 is 15.2 Å². The predicted molar refractivity (Wildman–Crippen MR) is 142 cm³/mol. The van der Waals surface area contributed by atoms with Crippen LogP contribution in [-0.2, 0) is 14.3 Å². The highest BCUT2D eigenvalue weighted by molar-refractivity contribution is 5.66. The first-order valence-corrected chi connectivity index (χ1v) is 12.9. The van der Waals surface area contributed by atoms with Gasteiger partial charge in [0.15, 0.2) is 0 Å². The first kappa shape index (κ1) is 32.9. The van der Waals surface area contributed by atoms with Crippen LogP contribution < -0.4 is 5.32 Å². The lowest BCUT2D eigenvalue weighted by atomic mass is 9.54. The molecule has 0 saturated carbocycles. The van der Waals surface area contributed by atoms with Crippen molar-refractivity contribution in [2.75, 3.05) is 0 Å². The van der Waals surface area contributed by atoms with E-state index in [1.54, 1.807) is 0 Å². The number of nitrogens with one attached hydrogen (secondary N) is 1. The zero-order valence-corrected chi connectivity index (χ0v) is 25.1. The van der Waals surface area contributed by atoms with Crippen molar-refractivity contribution in [1.82, 2.24) is 5.32 Å². The fourth-order valence-electron chi connectivity index (χ4n) is 4.59. The molecule has 0 aromatic carbocycles. The van der Waals surface area contributed by atoms with Crippen molar-refractivity contribution in [2.24, 2.45) is 32.5 Å². The van der Waals surface area contributed by atoms with Crippen molar-refractivity contribution in [1.29, 1.82) is 0 Å². The first-order valence-electron chi connectivity index (χ1n) is 12.9. The van der Waals surface area contributed by atoms with Crippen LogP contribution in [0.5, 0.6) is 0 Å². The summed E-state index contributed by atoms with van der Waals surface area (Å²) in [4.78, 5) is 23.6. The number of aliphatic hydroxyl groups excluding tert-OH is 1. The Hall–Kier alpha value is -1.10. The molecule has 0 rings (SSSR count). The summed E-state index contributed by atoms with van der Waals surface area (Å²) in [5.41, 5.74) is -1.39. The standard InChI is InChI=1S/C29H57NO4/c1-20(32)34-23(25(5,6)7)18-27(10,11)28(12,13)21(30-19-31)16-26(8,9)29(14,15)22(33)17-24(2,3)4/h19,21-23,33H,16-18H2,1-15H3,(H,30,31). The van der Waals surface area contributed by atoms with Gasteiger partial charge in [-0.3, -0.25) is 9.59 Å². The number of aliphatic hydroxyl groups is 1. The van der Waals surface area contributed by atoms with E-state index in [0.29, 0.717) is 19.3 Å². The molecule has 202 valence electrons. The second-order valence-electron chi connectivity index (χ2n) is 15.2. The van der Waals surface area contributed by atoms with Gasteiger partial charge in [-0.25, -0.2) is 0 Å². The summed E-state index contributed by atoms with van der Waals surface area (Å²) in [6, 6.07) is -0.131. The van der Waals surface area contributed by atoms with E-state index < -0.39 is 6.10 Å². The fraction of sp³-hybridized carbons (Fsp3) is 0.931. The minimum absolute atomic E-state index is 0.0210.